The second-order valence-electron chi connectivity index (χ2n) is 6.33. The molecule has 3 heterocycles. The Bertz CT molecular complexity index is 1200. The van der Waals surface area contributed by atoms with Gasteiger partial charge in [-0.2, -0.15) is 13.2 Å². The largest absolute Gasteiger partial charge is 0.417 e. The molecule has 4 rings (SSSR count). The van der Waals surface area contributed by atoms with Crippen LogP contribution in [0.5, 0.6) is 0 Å². The number of H-pyrrole nitrogens is 1. The Morgan fingerprint density at radius 1 is 1.11 bits per heavy atom. The van der Waals surface area contributed by atoms with Crippen LogP contribution in [0.3, 0.4) is 0 Å². The summed E-state index contributed by atoms with van der Waals surface area (Å²) in [4.78, 5) is 25.2. The number of nitrogens with zero attached hydrogens (tertiary/aromatic N) is 2. The van der Waals surface area contributed by atoms with E-state index in [9.17, 15) is 18.0 Å². The summed E-state index contributed by atoms with van der Waals surface area (Å²) in [6.07, 6.45) is -3.50. The minimum atomic E-state index is -4.43. The van der Waals surface area contributed by atoms with Crippen molar-refractivity contribution in [3.63, 3.8) is 0 Å². The summed E-state index contributed by atoms with van der Waals surface area (Å²) < 4.78 is 38.0. The molecule has 0 bridgehead atoms. The third-order valence-electron chi connectivity index (χ3n) is 4.39. The lowest BCUT2D eigenvalue weighted by atomic mass is 10.1. The number of nitrogens with one attached hydrogen (secondary N) is 1. The van der Waals surface area contributed by atoms with Crippen molar-refractivity contribution < 1.29 is 13.2 Å². The Hall–Kier alpha value is -3.00. The van der Waals surface area contributed by atoms with Gasteiger partial charge in [0.2, 0.25) is 0 Å². The molecule has 28 heavy (non-hydrogen) atoms. The van der Waals surface area contributed by atoms with Gasteiger partial charge in [0.25, 0.3) is 5.56 Å². The number of pyridine rings is 1. The Morgan fingerprint density at radius 2 is 1.86 bits per heavy atom. The van der Waals surface area contributed by atoms with Crippen LogP contribution in [0.15, 0.2) is 53.5 Å². The van der Waals surface area contributed by atoms with E-state index in [0.29, 0.717) is 21.7 Å². The number of aryl methyl sites for hydroxylation is 1. The molecule has 0 fully saturated rings. The second-order valence-corrected chi connectivity index (χ2v) is 7.33. The van der Waals surface area contributed by atoms with E-state index in [0.717, 1.165) is 28.3 Å². The standard InChI is InChI=1S/C20H14F3N3OS/c1-11-16-18(27)25-15(9-14-8-7-13(10-24-14)20(21,22)23)26-19(16)28-17(11)12-5-3-2-4-6-12/h2-8,10H,9H2,1H3,(H,25,26,27). The van der Waals surface area contributed by atoms with Gasteiger partial charge in [-0.25, -0.2) is 4.98 Å². The number of aromatic amines is 1. The van der Waals surface area contributed by atoms with Gasteiger partial charge in [-0.1, -0.05) is 30.3 Å². The molecule has 8 heteroatoms. The van der Waals surface area contributed by atoms with Crippen molar-refractivity contribution in [2.75, 3.05) is 0 Å². The van der Waals surface area contributed by atoms with Crippen molar-refractivity contribution in [1.29, 1.82) is 0 Å². The molecule has 0 saturated carbocycles. The smallest absolute Gasteiger partial charge is 0.310 e. The van der Waals surface area contributed by atoms with E-state index in [4.69, 9.17) is 0 Å². The van der Waals surface area contributed by atoms with Gasteiger partial charge in [0.15, 0.2) is 0 Å². The number of alkyl halides is 3. The number of halogens is 3. The lowest BCUT2D eigenvalue weighted by Gasteiger charge is -2.06. The predicted octanol–water partition coefficient (Wildman–Crippen LogP) is 4.96. The summed E-state index contributed by atoms with van der Waals surface area (Å²) in [5, 5.41) is 0.535. The summed E-state index contributed by atoms with van der Waals surface area (Å²) in [7, 11) is 0. The maximum atomic E-state index is 12.7. The molecule has 1 aromatic carbocycles. The Morgan fingerprint density at radius 3 is 2.50 bits per heavy atom. The second kappa shape index (κ2) is 6.87. The fourth-order valence-electron chi connectivity index (χ4n) is 3.01. The molecule has 0 aliphatic rings. The molecule has 0 aliphatic heterocycles. The molecule has 0 amide bonds. The van der Waals surface area contributed by atoms with Gasteiger partial charge < -0.3 is 4.98 Å². The molecule has 142 valence electrons. The van der Waals surface area contributed by atoms with Crippen LogP contribution in [-0.4, -0.2) is 15.0 Å². The van der Waals surface area contributed by atoms with Gasteiger partial charge in [-0.05, 0) is 30.2 Å². The zero-order chi connectivity index (χ0) is 19.9. The van der Waals surface area contributed by atoms with E-state index in [-0.39, 0.29) is 12.0 Å². The van der Waals surface area contributed by atoms with Crippen LogP contribution >= 0.6 is 11.3 Å². The van der Waals surface area contributed by atoms with Crippen LogP contribution in [-0.2, 0) is 12.6 Å². The van der Waals surface area contributed by atoms with Crippen LogP contribution in [0.2, 0.25) is 0 Å². The first kappa shape index (κ1) is 18.4. The summed E-state index contributed by atoms with van der Waals surface area (Å²) >= 11 is 1.42. The lowest BCUT2D eigenvalue weighted by molar-refractivity contribution is -0.137. The molecule has 1 N–H and O–H groups in total. The highest BCUT2D eigenvalue weighted by molar-refractivity contribution is 7.22. The van der Waals surface area contributed by atoms with Crippen molar-refractivity contribution in [2.24, 2.45) is 0 Å². The minimum absolute atomic E-state index is 0.140. The van der Waals surface area contributed by atoms with E-state index < -0.39 is 11.7 Å². The Balaban J connectivity index is 1.71. The first-order valence-electron chi connectivity index (χ1n) is 8.43. The van der Waals surface area contributed by atoms with E-state index >= 15 is 0 Å². The molecule has 0 unspecified atom stereocenters. The van der Waals surface area contributed by atoms with Crippen LogP contribution in [0.1, 0.15) is 22.6 Å². The number of rotatable bonds is 3. The fraction of sp³-hybridized carbons (Fsp3) is 0.150. The number of hydrogen-bond acceptors (Lipinski definition) is 4. The number of thiophene rings is 1. The predicted molar refractivity (Wildman–Crippen MR) is 102 cm³/mol. The maximum absolute atomic E-state index is 12.7. The highest BCUT2D eigenvalue weighted by atomic mass is 32.1. The molecular weight excluding hydrogens is 387 g/mol. The van der Waals surface area contributed by atoms with Gasteiger partial charge in [-0.15, -0.1) is 11.3 Å². The van der Waals surface area contributed by atoms with Gasteiger partial charge >= 0.3 is 6.18 Å². The van der Waals surface area contributed by atoms with Crippen molar-refractivity contribution >= 4 is 21.6 Å². The molecular formula is C20H14F3N3OS. The van der Waals surface area contributed by atoms with E-state index in [1.807, 2.05) is 37.3 Å². The van der Waals surface area contributed by atoms with Crippen LogP contribution in [0, 0.1) is 6.92 Å². The zero-order valence-corrected chi connectivity index (χ0v) is 15.5. The van der Waals surface area contributed by atoms with Crippen molar-refractivity contribution in [1.82, 2.24) is 15.0 Å². The van der Waals surface area contributed by atoms with Crippen molar-refractivity contribution in [3.8, 4) is 10.4 Å². The third kappa shape index (κ3) is 3.43. The summed E-state index contributed by atoms with van der Waals surface area (Å²) in [6, 6.07) is 12.0. The zero-order valence-electron chi connectivity index (χ0n) is 14.7. The fourth-order valence-corrected chi connectivity index (χ4v) is 4.21. The highest BCUT2D eigenvalue weighted by Gasteiger charge is 2.30. The molecule has 0 aliphatic carbocycles. The molecule has 3 aromatic heterocycles. The van der Waals surface area contributed by atoms with E-state index in [2.05, 4.69) is 15.0 Å². The number of benzene rings is 1. The molecule has 0 radical (unpaired) electrons. The summed E-state index contributed by atoms with van der Waals surface area (Å²) in [5.41, 5.74) is 1.19. The highest BCUT2D eigenvalue weighted by Crippen LogP contribution is 2.35. The molecule has 0 spiro atoms. The summed E-state index contributed by atoms with van der Waals surface area (Å²) in [6.45, 7) is 1.88. The van der Waals surface area contributed by atoms with Gasteiger partial charge in [0, 0.05) is 23.2 Å². The molecule has 0 saturated heterocycles. The van der Waals surface area contributed by atoms with Crippen LogP contribution in [0.25, 0.3) is 20.7 Å². The molecule has 4 nitrogen and oxygen atoms in total. The van der Waals surface area contributed by atoms with Gasteiger partial charge in [0.1, 0.15) is 10.7 Å². The minimum Gasteiger partial charge on any atom is -0.310 e. The first-order chi connectivity index (χ1) is 13.3. The lowest BCUT2D eigenvalue weighted by Crippen LogP contribution is -2.12. The van der Waals surface area contributed by atoms with Crippen molar-refractivity contribution in [3.05, 3.63) is 81.7 Å². The van der Waals surface area contributed by atoms with Gasteiger partial charge in [-0.3, -0.25) is 9.78 Å². The van der Waals surface area contributed by atoms with E-state index in [1.54, 1.807) is 0 Å². The van der Waals surface area contributed by atoms with Gasteiger partial charge in [0.05, 0.1) is 10.9 Å². The Labute approximate surface area is 161 Å². The average molecular weight is 401 g/mol. The quantitative estimate of drug-likeness (QED) is 0.528. The summed E-state index contributed by atoms with van der Waals surface area (Å²) in [5.74, 6) is 0.366. The van der Waals surface area contributed by atoms with Crippen LogP contribution < -0.4 is 5.56 Å². The normalized spacial score (nSPS) is 11.9. The number of fused-ring (bicyclic) bond motifs is 1. The topological polar surface area (TPSA) is 58.6 Å². The monoisotopic (exact) mass is 401 g/mol. The number of aromatic nitrogens is 3. The Kier molecular flexibility index (Phi) is 4.50. The van der Waals surface area contributed by atoms with Crippen LogP contribution in [0.4, 0.5) is 13.2 Å². The maximum Gasteiger partial charge on any atom is 0.417 e. The van der Waals surface area contributed by atoms with E-state index in [1.165, 1.54) is 17.4 Å². The SMILES string of the molecule is Cc1c(-c2ccccc2)sc2nc(Cc3ccc(C(F)(F)F)cn3)[nH]c(=O)c12. The molecule has 0 atom stereocenters. The third-order valence-corrected chi connectivity index (χ3v) is 5.62. The number of hydrogen-bond donors (Lipinski definition) is 1. The molecule has 4 aromatic rings. The van der Waals surface area contributed by atoms with Crippen molar-refractivity contribution in [2.45, 2.75) is 19.5 Å². The first-order valence-corrected chi connectivity index (χ1v) is 9.24. The average Bonchev–Trinajstić information content (AvgIpc) is 2.99.